The van der Waals surface area contributed by atoms with E-state index in [0.29, 0.717) is 5.69 Å². The van der Waals surface area contributed by atoms with Crippen LogP contribution in [0.4, 0.5) is 25.1 Å². The average Bonchev–Trinajstić information content (AvgIpc) is 2.47. The fourth-order valence-corrected chi connectivity index (χ4v) is 2.46. The van der Waals surface area contributed by atoms with Crippen LogP contribution >= 0.6 is 0 Å². The van der Waals surface area contributed by atoms with Crippen LogP contribution < -0.4 is 10.2 Å². The van der Waals surface area contributed by atoms with Crippen LogP contribution in [0.25, 0.3) is 0 Å². The fraction of sp³-hybridized carbons (Fsp3) is 0.600. The lowest BCUT2D eigenvalue weighted by Crippen LogP contribution is -2.59. The molecule has 138 valence electrons. The molecule has 0 spiro atoms. The Bertz CT molecular complexity index is 646. The molecule has 1 atom stereocenters. The van der Waals surface area contributed by atoms with Gasteiger partial charge in [0, 0.05) is 12.6 Å². The van der Waals surface area contributed by atoms with Crippen molar-refractivity contribution < 1.29 is 23.2 Å². The number of pyridine rings is 1. The zero-order chi connectivity index (χ0) is 18.8. The van der Waals surface area contributed by atoms with E-state index in [2.05, 4.69) is 10.3 Å². The van der Waals surface area contributed by atoms with Crippen molar-refractivity contribution in [2.75, 3.05) is 18.0 Å². The molecule has 10 heteroatoms. The summed E-state index contributed by atoms with van der Waals surface area (Å²) in [4.78, 5) is 26.7. The van der Waals surface area contributed by atoms with Gasteiger partial charge in [0.05, 0.1) is 18.3 Å². The van der Waals surface area contributed by atoms with Gasteiger partial charge in [0.25, 0.3) is 5.92 Å². The molecule has 2 heterocycles. The second kappa shape index (κ2) is 6.77. The molecule has 0 aliphatic carbocycles. The van der Waals surface area contributed by atoms with Crippen molar-refractivity contribution in [2.24, 2.45) is 0 Å². The number of alkyl carbamates (subject to hydrolysis) is 1. The molecule has 2 rings (SSSR count). The number of ether oxygens (including phenoxy) is 1. The summed E-state index contributed by atoms with van der Waals surface area (Å²) in [5, 5.41) is 12.8. The Morgan fingerprint density at radius 2 is 2.16 bits per heavy atom. The zero-order valence-corrected chi connectivity index (χ0v) is 14.2. The van der Waals surface area contributed by atoms with Crippen LogP contribution in [0.15, 0.2) is 18.3 Å². The number of carbonyl (C=O) groups is 1. The highest BCUT2D eigenvalue weighted by atomic mass is 19.3. The molecule has 0 saturated carbocycles. The third-order valence-electron chi connectivity index (χ3n) is 3.57. The maximum atomic E-state index is 14.4. The van der Waals surface area contributed by atoms with Crippen molar-refractivity contribution in [3.05, 3.63) is 28.4 Å². The number of rotatable bonds is 3. The molecule has 8 nitrogen and oxygen atoms in total. The van der Waals surface area contributed by atoms with Gasteiger partial charge in [-0.05, 0) is 43.2 Å². The lowest BCUT2D eigenvalue weighted by Gasteiger charge is -2.39. The molecular formula is C15H20F2N4O4. The van der Waals surface area contributed by atoms with Gasteiger partial charge in [-0.1, -0.05) is 0 Å². The lowest BCUT2D eigenvalue weighted by atomic mass is 10.0. The van der Waals surface area contributed by atoms with Crippen molar-refractivity contribution in [1.82, 2.24) is 10.3 Å². The second-order valence-corrected chi connectivity index (χ2v) is 6.80. The lowest BCUT2D eigenvalue weighted by molar-refractivity contribution is -0.389. The predicted octanol–water partition coefficient (Wildman–Crippen LogP) is 2.73. The minimum atomic E-state index is -3.18. The maximum absolute atomic E-state index is 14.4. The number of amides is 1. The fourth-order valence-electron chi connectivity index (χ4n) is 2.46. The largest absolute Gasteiger partial charge is 0.444 e. The van der Waals surface area contributed by atoms with Gasteiger partial charge in [0.1, 0.15) is 5.60 Å². The summed E-state index contributed by atoms with van der Waals surface area (Å²) < 4.78 is 33.7. The molecule has 0 bridgehead atoms. The zero-order valence-electron chi connectivity index (χ0n) is 14.2. The molecule has 25 heavy (non-hydrogen) atoms. The summed E-state index contributed by atoms with van der Waals surface area (Å²) in [6, 6.07) is 1.20. The highest BCUT2D eigenvalue weighted by Crippen LogP contribution is 2.31. The highest BCUT2D eigenvalue weighted by molar-refractivity contribution is 5.68. The van der Waals surface area contributed by atoms with E-state index in [1.54, 1.807) is 20.8 Å². The minimum absolute atomic E-state index is 0.00320. The van der Waals surface area contributed by atoms with E-state index < -0.39 is 35.1 Å². The van der Waals surface area contributed by atoms with Crippen molar-refractivity contribution in [3.8, 4) is 0 Å². The summed E-state index contributed by atoms with van der Waals surface area (Å²) in [6.07, 6.45) is 0.307. The maximum Gasteiger partial charge on any atom is 0.408 e. The molecule has 1 aromatic heterocycles. The molecular weight excluding hydrogens is 338 g/mol. The summed E-state index contributed by atoms with van der Waals surface area (Å²) in [7, 11) is 0. The van der Waals surface area contributed by atoms with Gasteiger partial charge in [-0.3, -0.25) is 0 Å². The normalized spacial score (nSPS) is 20.0. The first-order valence-electron chi connectivity index (χ1n) is 7.71. The summed E-state index contributed by atoms with van der Waals surface area (Å²) in [6.45, 7) is 4.56. The number of anilines is 1. The first kappa shape index (κ1) is 18.8. The van der Waals surface area contributed by atoms with Gasteiger partial charge in [-0.25, -0.2) is 13.6 Å². The number of piperidine rings is 1. The smallest absolute Gasteiger partial charge is 0.408 e. The molecule has 1 saturated heterocycles. The number of hydrogen-bond donors (Lipinski definition) is 1. The van der Waals surface area contributed by atoms with Crippen LogP contribution in [0.2, 0.25) is 0 Å². The predicted molar refractivity (Wildman–Crippen MR) is 85.8 cm³/mol. The van der Waals surface area contributed by atoms with E-state index in [1.807, 2.05) is 0 Å². The first-order chi connectivity index (χ1) is 11.5. The number of nitro groups is 1. The number of halogens is 2. The summed E-state index contributed by atoms with van der Waals surface area (Å²) >= 11 is 0. The second-order valence-electron chi connectivity index (χ2n) is 6.80. The molecule has 1 aliphatic heterocycles. The molecule has 1 aliphatic rings. The van der Waals surface area contributed by atoms with Crippen LogP contribution in [0, 0.1) is 10.1 Å². The van der Waals surface area contributed by atoms with Gasteiger partial charge in [0.2, 0.25) is 0 Å². The van der Waals surface area contributed by atoms with E-state index in [0.717, 1.165) is 0 Å². The van der Waals surface area contributed by atoms with E-state index >= 15 is 0 Å². The van der Waals surface area contributed by atoms with Crippen molar-refractivity contribution >= 4 is 17.6 Å². The Hall–Kier alpha value is -2.52. The van der Waals surface area contributed by atoms with Gasteiger partial charge >= 0.3 is 11.9 Å². The monoisotopic (exact) mass is 358 g/mol. The number of nitrogens with one attached hydrogen (secondary N) is 1. The van der Waals surface area contributed by atoms with Crippen LogP contribution in [0.5, 0.6) is 0 Å². The van der Waals surface area contributed by atoms with Gasteiger partial charge in [-0.15, -0.1) is 0 Å². The van der Waals surface area contributed by atoms with E-state index in [-0.39, 0.29) is 18.8 Å². The third-order valence-corrected chi connectivity index (χ3v) is 3.57. The Morgan fingerprint density at radius 1 is 1.48 bits per heavy atom. The highest BCUT2D eigenvalue weighted by Gasteiger charge is 2.46. The Balaban J connectivity index is 2.01. The van der Waals surface area contributed by atoms with Gasteiger partial charge < -0.3 is 25.1 Å². The van der Waals surface area contributed by atoms with E-state index in [1.165, 1.54) is 23.2 Å². The average molecular weight is 358 g/mol. The quantitative estimate of drug-likeness (QED) is 0.659. The van der Waals surface area contributed by atoms with E-state index in [4.69, 9.17) is 4.74 Å². The minimum Gasteiger partial charge on any atom is -0.444 e. The van der Waals surface area contributed by atoms with Crippen LogP contribution in [-0.2, 0) is 4.74 Å². The van der Waals surface area contributed by atoms with Crippen molar-refractivity contribution in [1.29, 1.82) is 0 Å². The Labute approximate surface area is 143 Å². The molecule has 1 fully saturated rings. The number of alkyl halides is 2. The standard InChI is InChI=1S/C15H20F2N4O4/c1-14(2,3)25-13(22)19-11-6-7-20(9-15(11,16)17)10-4-5-12(18-8-10)21(23)24/h4-5,8,11H,6-7,9H2,1-3H3,(H,19,22). The molecule has 0 aromatic carbocycles. The number of carbonyl (C=O) groups excluding carboxylic acids is 1. The van der Waals surface area contributed by atoms with E-state index in [9.17, 15) is 23.7 Å². The molecule has 1 N–H and O–H groups in total. The summed E-state index contributed by atoms with van der Waals surface area (Å²) in [5.41, 5.74) is -0.411. The number of hydrogen-bond acceptors (Lipinski definition) is 6. The van der Waals surface area contributed by atoms with Crippen LogP contribution in [-0.4, -0.2) is 46.7 Å². The Morgan fingerprint density at radius 3 is 2.64 bits per heavy atom. The van der Waals surface area contributed by atoms with Crippen LogP contribution in [0.3, 0.4) is 0 Å². The van der Waals surface area contributed by atoms with Gasteiger partial charge in [0.15, 0.2) is 6.20 Å². The van der Waals surface area contributed by atoms with Crippen LogP contribution in [0.1, 0.15) is 27.2 Å². The topological polar surface area (TPSA) is 97.6 Å². The van der Waals surface area contributed by atoms with Crippen molar-refractivity contribution in [3.63, 3.8) is 0 Å². The molecule has 0 radical (unpaired) electrons. The third kappa shape index (κ3) is 4.97. The number of aromatic nitrogens is 1. The molecule has 1 unspecified atom stereocenters. The Kier molecular flexibility index (Phi) is 5.09. The van der Waals surface area contributed by atoms with Crippen molar-refractivity contribution in [2.45, 2.75) is 44.8 Å². The summed E-state index contributed by atoms with van der Waals surface area (Å²) in [5.74, 6) is -3.53. The first-order valence-corrected chi connectivity index (χ1v) is 7.71. The molecule has 1 amide bonds. The number of nitrogens with zero attached hydrogens (tertiary/aromatic N) is 3. The molecule has 1 aromatic rings. The SMILES string of the molecule is CC(C)(C)OC(=O)NC1CCN(c2ccc([N+](=O)[O-])nc2)CC1(F)F. The van der Waals surface area contributed by atoms with Gasteiger partial charge in [-0.2, -0.15) is 0 Å².